The van der Waals surface area contributed by atoms with Gasteiger partial charge in [-0.15, -0.1) is 0 Å². The quantitative estimate of drug-likeness (QED) is 0.363. The van der Waals surface area contributed by atoms with Crippen molar-refractivity contribution in [1.29, 1.82) is 5.41 Å². The van der Waals surface area contributed by atoms with Crippen molar-refractivity contribution in [2.24, 2.45) is 5.73 Å². The summed E-state index contributed by atoms with van der Waals surface area (Å²) >= 11 is 0. The smallest absolute Gasteiger partial charge is 0.251 e. The highest BCUT2D eigenvalue weighted by Crippen LogP contribution is 2.24. The van der Waals surface area contributed by atoms with E-state index in [4.69, 9.17) is 15.9 Å². The summed E-state index contributed by atoms with van der Waals surface area (Å²) in [7, 11) is 2.14. The molecule has 0 aliphatic carbocycles. The number of rotatable bonds is 5. The molecule has 168 valence electrons. The number of aromatic nitrogens is 1. The van der Waals surface area contributed by atoms with Gasteiger partial charge in [0.1, 0.15) is 17.7 Å². The molecule has 1 aliphatic heterocycles. The van der Waals surface area contributed by atoms with E-state index in [1.807, 2.05) is 54.6 Å². The second kappa shape index (κ2) is 8.71. The van der Waals surface area contributed by atoms with E-state index >= 15 is 0 Å². The van der Waals surface area contributed by atoms with Gasteiger partial charge in [-0.05, 0) is 72.6 Å². The van der Waals surface area contributed by atoms with E-state index in [-0.39, 0.29) is 17.5 Å². The lowest BCUT2D eigenvalue weighted by atomic mass is 10.0. The van der Waals surface area contributed by atoms with Crippen LogP contribution in [-0.4, -0.2) is 41.5 Å². The molecule has 1 aliphatic rings. The van der Waals surface area contributed by atoms with Gasteiger partial charge in [-0.2, -0.15) is 0 Å². The molecule has 3 N–H and O–H groups in total. The summed E-state index contributed by atoms with van der Waals surface area (Å²) in [6, 6.07) is 21.3. The normalized spacial score (nSPS) is 15.2. The number of nitrogens with two attached hydrogens (primary N) is 1. The zero-order chi connectivity index (χ0) is 22.9. The Labute approximate surface area is 192 Å². The van der Waals surface area contributed by atoms with E-state index in [1.165, 1.54) is 0 Å². The number of benzene rings is 3. The number of nitrogens with zero attached hydrogens (tertiary/aromatic N) is 2. The Morgan fingerprint density at radius 2 is 1.73 bits per heavy atom. The van der Waals surface area contributed by atoms with Gasteiger partial charge in [-0.1, -0.05) is 24.3 Å². The Balaban J connectivity index is 1.44. The van der Waals surface area contributed by atoms with Crippen LogP contribution in [0.15, 0.2) is 71.5 Å². The van der Waals surface area contributed by atoms with Crippen molar-refractivity contribution >= 4 is 27.5 Å². The van der Waals surface area contributed by atoms with Gasteiger partial charge in [0.05, 0.1) is 12.1 Å². The predicted octanol–water partition coefficient (Wildman–Crippen LogP) is 3.96. The fraction of sp³-hybridized carbons (Fsp3) is 0.259. The van der Waals surface area contributed by atoms with Crippen LogP contribution in [0.25, 0.3) is 21.7 Å². The monoisotopic (exact) mass is 440 g/mol. The number of nitrogen functional groups attached to an aromatic ring is 1. The molecule has 6 heteroatoms. The minimum Gasteiger partial charge on any atom is -0.490 e. The van der Waals surface area contributed by atoms with Crippen molar-refractivity contribution in [3.8, 4) is 5.75 Å². The van der Waals surface area contributed by atoms with Gasteiger partial charge in [-0.25, -0.2) is 0 Å². The molecule has 0 radical (unpaired) electrons. The number of hydrogen-bond donors (Lipinski definition) is 2. The van der Waals surface area contributed by atoms with Crippen molar-refractivity contribution in [3.63, 3.8) is 0 Å². The molecule has 0 atom stereocenters. The lowest BCUT2D eigenvalue weighted by molar-refractivity contribution is 0.114. The van der Waals surface area contributed by atoms with Crippen LogP contribution < -0.4 is 16.0 Å². The van der Waals surface area contributed by atoms with E-state index in [9.17, 15) is 4.79 Å². The minimum absolute atomic E-state index is 0.0379. The molecule has 0 amide bonds. The minimum atomic E-state index is -0.0379. The van der Waals surface area contributed by atoms with Gasteiger partial charge >= 0.3 is 0 Å². The first kappa shape index (κ1) is 21.2. The SMILES string of the molecule is CN1CCC(Oc2ccc3c(ccc(=O)n3Cc3ccc4ccc(C(=N)N)cc4c3)c2)CC1. The zero-order valence-corrected chi connectivity index (χ0v) is 18.8. The molecule has 2 heterocycles. The van der Waals surface area contributed by atoms with Gasteiger partial charge in [0.25, 0.3) is 5.56 Å². The number of pyridine rings is 1. The standard InChI is InChI=1S/C27H28N4O2/c1-30-12-10-23(11-13-30)33-24-7-8-25-20(16-24)6-9-26(32)31(25)17-18-2-3-19-4-5-21(27(28)29)15-22(19)14-18/h2-9,14-16,23H,10-13,17H2,1H3,(H3,28,29). The number of likely N-dealkylation sites (tertiary alicyclic amines) is 1. The van der Waals surface area contributed by atoms with Crippen LogP contribution in [0, 0.1) is 5.41 Å². The first-order valence-corrected chi connectivity index (χ1v) is 11.3. The molecule has 3 aromatic carbocycles. The van der Waals surface area contributed by atoms with Crippen LogP contribution in [-0.2, 0) is 6.54 Å². The molecule has 1 fully saturated rings. The van der Waals surface area contributed by atoms with Crippen molar-refractivity contribution in [2.45, 2.75) is 25.5 Å². The molecule has 0 spiro atoms. The van der Waals surface area contributed by atoms with Gasteiger partial charge in [-0.3, -0.25) is 10.2 Å². The molecule has 0 unspecified atom stereocenters. The first-order chi connectivity index (χ1) is 16.0. The van der Waals surface area contributed by atoms with E-state index < -0.39 is 0 Å². The maximum atomic E-state index is 12.8. The lowest BCUT2D eigenvalue weighted by Gasteiger charge is -2.29. The molecule has 6 nitrogen and oxygen atoms in total. The van der Waals surface area contributed by atoms with Crippen LogP contribution >= 0.6 is 0 Å². The summed E-state index contributed by atoms with van der Waals surface area (Å²) in [6.07, 6.45) is 2.30. The third kappa shape index (κ3) is 4.47. The third-order valence-electron chi connectivity index (χ3n) is 6.49. The number of hydrogen-bond acceptors (Lipinski definition) is 4. The average molecular weight is 441 g/mol. The van der Waals surface area contributed by atoms with E-state index in [0.717, 1.165) is 58.9 Å². The average Bonchev–Trinajstić information content (AvgIpc) is 2.82. The highest BCUT2D eigenvalue weighted by atomic mass is 16.5. The largest absolute Gasteiger partial charge is 0.490 e. The van der Waals surface area contributed by atoms with E-state index in [0.29, 0.717) is 12.1 Å². The first-order valence-electron chi connectivity index (χ1n) is 11.3. The van der Waals surface area contributed by atoms with Crippen molar-refractivity contribution in [3.05, 3.63) is 88.2 Å². The molecule has 33 heavy (non-hydrogen) atoms. The summed E-state index contributed by atoms with van der Waals surface area (Å²) in [5.74, 6) is 0.899. The second-order valence-corrected chi connectivity index (χ2v) is 8.91. The highest BCUT2D eigenvalue weighted by molar-refractivity contribution is 5.99. The molecule has 0 saturated carbocycles. The van der Waals surface area contributed by atoms with Crippen LogP contribution in [0.4, 0.5) is 0 Å². The van der Waals surface area contributed by atoms with Crippen LogP contribution in [0.2, 0.25) is 0 Å². The maximum Gasteiger partial charge on any atom is 0.251 e. The van der Waals surface area contributed by atoms with E-state index in [1.54, 1.807) is 10.6 Å². The molecule has 1 aromatic heterocycles. The van der Waals surface area contributed by atoms with Crippen LogP contribution in [0.5, 0.6) is 5.75 Å². The van der Waals surface area contributed by atoms with E-state index in [2.05, 4.69) is 18.0 Å². The number of nitrogens with one attached hydrogen (secondary N) is 1. The van der Waals surface area contributed by atoms with Gasteiger partial charge in [0, 0.05) is 30.1 Å². The van der Waals surface area contributed by atoms with Crippen LogP contribution in [0.3, 0.4) is 0 Å². The number of fused-ring (bicyclic) bond motifs is 2. The molecular formula is C27H28N4O2. The summed E-state index contributed by atoms with van der Waals surface area (Å²) in [5.41, 5.74) is 8.21. The summed E-state index contributed by atoms with van der Waals surface area (Å²) in [5, 5.41) is 10.8. The highest BCUT2D eigenvalue weighted by Gasteiger charge is 2.18. The molecule has 1 saturated heterocycles. The molecule has 4 aromatic rings. The fourth-order valence-electron chi connectivity index (χ4n) is 4.56. The lowest BCUT2D eigenvalue weighted by Crippen LogP contribution is -2.35. The molecular weight excluding hydrogens is 412 g/mol. The molecule has 5 rings (SSSR count). The topological polar surface area (TPSA) is 84.3 Å². The van der Waals surface area contributed by atoms with Crippen molar-refractivity contribution in [2.75, 3.05) is 20.1 Å². The maximum absolute atomic E-state index is 12.8. The predicted molar refractivity (Wildman–Crippen MR) is 133 cm³/mol. The van der Waals surface area contributed by atoms with Crippen LogP contribution in [0.1, 0.15) is 24.0 Å². The Hall–Kier alpha value is -3.64. The number of piperidine rings is 1. The summed E-state index contributed by atoms with van der Waals surface area (Å²) in [4.78, 5) is 15.1. The van der Waals surface area contributed by atoms with Crippen molar-refractivity contribution < 1.29 is 4.74 Å². The Morgan fingerprint density at radius 1 is 0.970 bits per heavy atom. The van der Waals surface area contributed by atoms with Crippen molar-refractivity contribution in [1.82, 2.24) is 9.47 Å². The number of amidine groups is 1. The molecule has 0 bridgehead atoms. The Kier molecular flexibility index (Phi) is 5.60. The Morgan fingerprint density at radius 3 is 2.52 bits per heavy atom. The third-order valence-corrected chi connectivity index (χ3v) is 6.49. The fourth-order valence-corrected chi connectivity index (χ4v) is 4.56. The number of ether oxygens (including phenoxy) is 1. The Bertz CT molecular complexity index is 1400. The van der Waals surface area contributed by atoms with Gasteiger partial charge in [0.2, 0.25) is 0 Å². The van der Waals surface area contributed by atoms with Gasteiger partial charge < -0.3 is 19.9 Å². The second-order valence-electron chi connectivity index (χ2n) is 8.91. The summed E-state index contributed by atoms with van der Waals surface area (Å²) < 4.78 is 8.03. The summed E-state index contributed by atoms with van der Waals surface area (Å²) in [6.45, 7) is 2.57. The zero-order valence-electron chi connectivity index (χ0n) is 18.8. The van der Waals surface area contributed by atoms with Gasteiger partial charge in [0.15, 0.2) is 0 Å².